The van der Waals surface area contributed by atoms with Gasteiger partial charge < -0.3 is 9.88 Å². The topological polar surface area (TPSA) is 74.8 Å². The van der Waals surface area contributed by atoms with E-state index in [1.165, 1.54) is 12.1 Å². The van der Waals surface area contributed by atoms with Gasteiger partial charge >= 0.3 is 0 Å². The van der Waals surface area contributed by atoms with E-state index in [2.05, 4.69) is 19.6 Å². The van der Waals surface area contributed by atoms with Crippen molar-refractivity contribution >= 4 is 28.5 Å². The van der Waals surface area contributed by atoms with Crippen LogP contribution in [-0.4, -0.2) is 36.9 Å². The number of likely N-dealkylation sites (tertiary alicyclic amines) is 1. The van der Waals surface area contributed by atoms with E-state index >= 15 is 0 Å². The zero-order valence-electron chi connectivity index (χ0n) is 13.1. The van der Waals surface area contributed by atoms with Crippen LogP contribution in [0.15, 0.2) is 18.2 Å². The highest BCUT2D eigenvalue weighted by Crippen LogP contribution is 2.32. The summed E-state index contributed by atoms with van der Waals surface area (Å²) in [6.07, 6.45) is 2.82. The second kappa shape index (κ2) is 5.94. The average Bonchev–Trinajstić information content (AvgIpc) is 3.19. The second-order valence-electron chi connectivity index (χ2n) is 5.98. The third-order valence-corrected chi connectivity index (χ3v) is 5.20. The summed E-state index contributed by atoms with van der Waals surface area (Å²) in [5.41, 5.74) is 2.01. The molecule has 1 N–H and O–H groups in total. The molecule has 1 saturated heterocycles. The van der Waals surface area contributed by atoms with Crippen LogP contribution in [0.5, 0.6) is 0 Å². The number of benzene rings is 1. The largest absolute Gasteiger partial charge is 0.340 e. The third-order valence-electron chi connectivity index (χ3n) is 4.39. The summed E-state index contributed by atoms with van der Waals surface area (Å²) in [7, 11) is 0. The number of nitrogens with one attached hydrogen (secondary N) is 1. The number of halogens is 1. The van der Waals surface area contributed by atoms with Gasteiger partial charge in [-0.2, -0.15) is 0 Å². The van der Waals surface area contributed by atoms with Gasteiger partial charge in [0.05, 0.1) is 22.8 Å². The van der Waals surface area contributed by atoms with Crippen molar-refractivity contribution in [1.29, 1.82) is 0 Å². The smallest absolute Gasteiger partial charge is 0.268 e. The van der Waals surface area contributed by atoms with Crippen LogP contribution in [0.4, 0.5) is 4.39 Å². The van der Waals surface area contributed by atoms with Crippen LogP contribution in [0.25, 0.3) is 11.0 Å². The number of imidazole rings is 1. The number of fused-ring (bicyclic) bond motifs is 1. The molecule has 1 amide bonds. The molecule has 1 fully saturated rings. The van der Waals surface area contributed by atoms with Gasteiger partial charge in [0, 0.05) is 6.54 Å². The summed E-state index contributed by atoms with van der Waals surface area (Å²) in [6, 6.07) is 4.33. The molecule has 0 unspecified atom stereocenters. The monoisotopic (exact) mass is 345 g/mol. The first kappa shape index (κ1) is 15.2. The molecular formula is C16H16FN5OS. The minimum absolute atomic E-state index is 0.0566. The lowest BCUT2D eigenvalue weighted by atomic mass is 10.0. The molecule has 0 aliphatic carbocycles. The SMILES string of the molecule is Cc1nnsc1C(=O)N1CCCC[C@@H]1c1nc2ccc(F)cc2[nH]1. The van der Waals surface area contributed by atoms with E-state index in [-0.39, 0.29) is 17.8 Å². The summed E-state index contributed by atoms with van der Waals surface area (Å²) in [5, 5.41) is 3.93. The molecule has 8 heteroatoms. The standard InChI is InChI=1S/C16H16FN5OS/c1-9-14(24-21-20-9)16(23)22-7-3-2-4-13(22)15-18-11-6-5-10(17)8-12(11)19-15/h5-6,8,13H,2-4,7H2,1H3,(H,18,19)/t13-/m1/s1. The van der Waals surface area contributed by atoms with Crippen molar-refractivity contribution in [3.63, 3.8) is 0 Å². The molecule has 124 valence electrons. The first-order valence-corrected chi connectivity index (χ1v) is 8.66. The maximum absolute atomic E-state index is 13.4. The number of aromatic amines is 1. The molecule has 0 spiro atoms. The molecule has 0 bridgehead atoms. The molecule has 1 aromatic carbocycles. The van der Waals surface area contributed by atoms with Gasteiger partial charge in [0.15, 0.2) is 0 Å². The van der Waals surface area contributed by atoms with Crippen LogP contribution in [0, 0.1) is 12.7 Å². The minimum atomic E-state index is -0.305. The fraction of sp³-hybridized carbons (Fsp3) is 0.375. The molecular weight excluding hydrogens is 329 g/mol. The molecule has 4 rings (SSSR count). The number of carbonyl (C=O) groups is 1. The van der Waals surface area contributed by atoms with Crippen molar-refractivity contribution in [2.45, 2.75) is 32.2 Å². The highest BCUT2D eigenvalue weighted by molar-refractivity contribution is 7.07. The lowest BCUT2D eigenvalue weighted by Gasteiger charge is -2.34. The number of aromatic nitrogens is 4. The van der Waals surface area contributed by atoms with Crippen molar-refractivity contribution < 1.29 is 9.18 Å². The van der Waals surface area contributed by atoms with Crippen LogP contribution in [0.3, 0.4) is 0 Å². The summed E-state index contributed by atoms with van der Waals surface area (Å²) in [5.74, 6) is 0.346. The lowest BCUT2D eigenvalue weighted by molar-refractivity contribution is 0.0605. The van der Waals surface area contributed by atoms with Crippen molar-refractivity contribution in [3.05, 3.63) is 40.4 Å². The molecule has 1 aliphatic heterocycles. The number of nitrogens with zero attached hydrogens (tertiary/aromatic N) is 4. The highest BCUT2D eigenvalue weighted by Gasteiger charge is 2.32. The first-order chi connectivity index (χ1) is 11.6. The van der Waals surface area contributed by atoms with Gasteiger partial charge in [-0.3, -0.25) is 4.79 Å². The molecule has 2 aromatic heterocycles. The Bertz CT molecular complexity index is 905. The summed E-state index contributed by atoms with van der Waals surface area (Å²) in [6.45, 7) is 2.46. The number of hydrogen-bond acceptors (Lipinski definition) is 5. The fourth-order valence-corrected chi connectivity index (χ4v) is 3.79. The summed E-state index contributed by atoms with van der Waals surface area (Å²) < 4.78 is 17.3. The maximum Gasteiger partial charge on any atom is 0.268 e. The Balaban J connectivity index is 1.70. The Morgan fingerprint density at radius 3 is 3.08 bits per heavy atom. The van der Waals surface area contributed by atoms with E-state index in [1.54, 1.807) is 13.0 Å². The third kappa shape index (κ3) is 2.56. The van der Waals surface area contributed by atoms with Gasteiger partial charge in [0.1, 0.15) is 16.5 Å². The summed E-state index contributed by atoms with van der Waals surface area (Å²) >= 11 is 1.12. The Morgan fingerprint density at radius 1 is 1.42 bits per heavy atom. The second-order valence-corrected chi connectivity index (χ2v) is 6.74. The summed E-state index contributed by atoms with van der Waals surface area (Å²) in [4.78, 5) is 23.0. The van der Waals surface area contributed by atoms with Gasteiger partial charge in [-0.1, -0.05) is 4.49 Å². The van der Waals surface area contributed by atoms with E-state index in [0.717, 1.165) is 30.8 Å². The predicted molar refractivity (Wildman–Crippen MR) is 88.3 cm³/mol. The predicted octanol–water partition coefficient (Wildman–Crippen LogP) is 3.23. The van der Waals surface area contributed by atoms with Crippen molar-refractivity contribution in [2.24, 2.45) is 0 Å². The number of hydrogen-bond donors (Lipinski definition) is 1. The average molecular weight is 345 g/mol. The van der Waals surface area contributed by atoms with Gasteiger partial charge in [-0.25, -0.2) is 9.37 Å². The van der Waals surface area contributed by atoms with E-state index in [1.807, 2.05) is 4.90 Å². The Kier molecular flexibility index (Phi) is 3.76. The fourth-order valence-electron chi connectivity index (χ4n) is 3.18. The zero-order chi connectivity index (χ0) is 16.7. The molecule has 24 heavy (non-hydrogen) atoms. The first-order valence-electron chi connectivity index (χ1n) is 7.88. The van der Waals surface area contributed by atoms with E-state index in [0.29, 0.717) is 34.0 Å². The molecule has 3 heterocycles. The number of piperidine rings is 1. The van der Waals surface area contributed by atoms with Gasteiger partial charge in [0.2, 0.25) is 0 Å². The number of aryl methyl sites for hydroxylation is 1. The quantitative estimate of drug-likeness (QED) is 0.774. The number of H-pyrrole nitrogens is 1. The Morgan fingerprint density at radius 2 is 2.29 bits per heavy atom. The maximum atomic E-state index is 13.4. The van der Waals surface area contributed by atoms with Gasteiger partial charge in [-0.05, 0) is 55.9 Å². The minimum Gasteiger partial charge on any atom is -0.340 e. The Hall–Kier alpha value is -2.35. The van der Waals surface area contributed by atoms with Crippen molar-refractivity contribution in [3.8, 4) is 0 Å². The molecule has 1 aliphatic rings. The number of rotatable bonds is 2. The van der Waals surface area contributed by atoms with Gasteiger partial charge in [-0.15, -0.1) is 5.10 Å². The van der Waals surface area contributed by atoms with Crippen LogP contribution in [-0.2, 0) is 0 Å². The van der Waals surface area contributed by atoms with E-state index in [9.17, 15) is 9.18 Å². The van der Waals surface area contributed by atoms with E-state index in [4.69, 9.17) is 0 Å². The normalized spacial score (nSPS) is 18.2. The molecule has 3 aromatic rings. The van der Waals surface area contributed by atoms with Crippen molar-refractivity contribution in [1.82, 2.24) is 24.5 Å². The lowest BCUT2D eigenvalue weighted by Crippen LogP contribution is -2.38. The molecule has 0 radical (unpaired) electrons. The molecule has 0 saturated carbocycles. The Labute approximate surface area is 141 Å². The van der Waals surface area contributed by atoms with Crippen LogP contribution in [0.1, 0.15) is 46.5 Å². The van der Waals surface area contributed by atoms with Crippen LogP contribution >= 0.6 is 11.5 Å². The highest BCUT2D eigenvalue weighted by atomic mass is 32.1. The zero-order valence-corrected chi connectivity index (χ0v) is 13.9. The molecule has 6 nitrogen and oxygen atoms in total. The van der Waals surface area contributed by atoms with Gasteiger partial charge in [0.25, 0.3) is 5.91 Å². The number of carbonyl (C=O) groups excluding carboxylic acids is 1. The molecule has 1 atom stereocenters. The van der Waals surface area contributed by atoms with Crippen LogP contribution in [0.2, 0.25) is 0 Å². The van der Waals surface area contributed by atoms with Crippen molar-refractivity contribution in [2.75, 3.05) is 6.54 Å². The van der Waals surface area contributed by atoms with E-state index < -0.39 is 0 Å². The number of amides is 1. The van der Waals surface area contributed by atoms with Crippen LogP contribution < -0.4 is 0 Å².